The summed E-state index contributed by atoms with van der Waals surface area (Å²) >= 11 is 17.9. The molecule has 3 nitrogen and oxygen atoms in total. The molecular formula is C28H16Cl3F4N3. The normalized spacial score (nSPS) is 10.8. The molecule has 5 aromatic rings. The predicted molar refractivity (Wildman–Crippen MR) is 142 cm³/mol. The van der Waals surface area contributed by atoms with Crippen molar-refractivity contribution in [3.8, 4) is 6.07 Å². The zero-order valence-electron chi connectivity index (χ0n) is 19.8. The van der Waals surface area contributed by atoms with Crippen LogP contribution in [0.25, 0.3) is 21.8 Å². The lowest BCUT2D eigenvalue weighted by Crippen LogP contribution is -2.00. The van der Waals surface area contributed by atoms with Crippen LogP contribution in [0.5, 0.6) is 0 Å². The van der Waals surface area contributed by atoms with Gasteiger partial charge in [-0.1, -0.05) is 46.9 Å². The Morgan fingerprint density at radius 1 is 0.763 bits per heavy atom. The Balaban J connectivity index is 0.000000194. The van der Waals surface area contributed by atoms with Crippen molar-refractivity contribution >= 4 is 56.6 Å². The number of halogens is 7. The van der Waals surface area contributed by atoms with Crippen molar-refractivity contribution < 1.29 is 17.6 Å². The van der Waals surface area contributed by atoms with Crippen molar-refractivity contribution in [3.05, 3.63) is 115 Å². The highest BCUT2D eigenvalue weighted by Gasteiger charge is 2.16. The number of fused-ring (bicyclic) bond motifs is 2. The fraction of sp³-hybridized carbons (Fsp3) is 0.107. The van der Waals surface area contributed by atoms with Gasteiger partial charge in [-0.2, -0.15) is 5.26 Å². The minimum atomic E-state index is -0.734. The lowest BCUT2D eigenvalue weighted by molar-refractivity contribution is 0.590. The van der Waals surface area contributed by atoms with Crippen LogP contribution in [-0.2, 0) is 6.42 Å². The van der Waals surface area contributed by atoms with Gasteiger partial charge in [0.2, 0.25) is 0 Å². The van der Waals surface area contributed by atoms with Crippen molar-refractivity contribution in [3.63, 3.8) is 0 Å². The van der Waals surface area contributed by atoms with Gasteiger partial charge in [-0.05, 0) is 37.1 Å². The Morgan fingerprint density at radius 3 is 1.89 bits per heavy atom. The van der Waals surface area contributed by atoms with Gasteiger partial charge in [-0.25, -0.2) is 22.5 Å². The summed E-state index contributed by atoms with van der Waals surface area (Å²) in [5, 5.41) is 9.74. The summed E-state index contributed by atoms with van der Waals surface area (Å²) in [7, 11) is 0. The summed E-state index contributed by atoms with van der Waals surface area (Å²) in [6.45, 7) is 3.38. The summed E-state index contributed by atoms with van der Waals surface area (Å²) in [4.78, 5) is 8.22. The molecule has 0 spiro atoms. The second kappa shape index (κ2) is 11.1. The molecule has 5 rings (SSSR count). The lowest BCUT2D eigenvalue weighted by Gasteiger charge is -2.11. The molecule has 0 atom stereocenters. The minimum Gasteiger partial charge on any atom is -0.252 e. The number of rotatable bonds is 2. The van der Waals surface area contributed by atoms with E-state index in [1.54, 1.807) is 32.0 Å². The van der Waals surface area contributed by atoms with E-state index in [2.05, 4.69) is 16.0 Å². The third-order valence-electron chi connectivity index (χ3n) is 5.81. The van der Waals surface area contributed by atoms with Gasteiger partial charge in [-0.3, -0.25) is 4.98 Å². The summed E-state index contributed by atoms with van der Waals surface area (Å²) in [6, 6.07) is 13.0. The fourth-order valence-electron chi connectivity index (χ4n) is 3.86. The van der Waals surface area contributed by atoms with Gasteiger partial charge in [0.1, 0.15) is 28.4 Å². The van der Waals surface area contributed by atoms with Crippen LogP contribution in [-0.4, -0.2) is 9.97 Å². The molecule has 0 aliphatic carbocycles. The van der Waals surface area contributed by atoms with Crippen molar-refractivity contribution in [2.45, 2.75) is 20.3 Å². The third-order valence-corrected chi connectivity index (χ3v) is 7.12. The van der Waals surface area contributed by atoms with Crippen LogP contribution < -0.4 is 0 Å². The topological polar surface area (TPSA) is 49.6 Å². The average Bonchev–Trinajstić information content (AvgIpc) is 2.85. The Morgan fingerprint density at radius 2 is 1.32 bits per heavy atom. The number of nitriles is 1. The largest absolute Gasteiger partial charge is 0.252 e. The SMILES string of the molecule is Cc1c(Cc2cccc(C#N)c2)nc2cc(F)cc(F)c2c1Cl.Cc1c(Cl)nc2cc(F)cc(F)c2c1Cl. The van der Waals surface area contributed by atoms with E-state index in [9.17, 15) is 17.6 Å². The van der Waals surface area contributed by atoms with Crippen LogP contribution in [0.2, 0.25) is 15.2 Å². The first-order valence-corrected chi connectivity index (χ1v) is 12.2. The first kappa shape index (κ1) is 27.6. The quantitative estimate of drug-likeness (QED) is 0.156. The number of hydrogen-bond acceptors (Lipinski definition) is 3. The molecule has 0 bridgehead atoms. The smallest absolute Gasteiger partial charge is 0.137 e. The maximum Gasteiger partial charge on any atom is 0.137 e. The zero-order chi connectivity index (χ0) is 27.7. The van der Waals surface area contributed by atoms with Crippen LogP contribution >= 0.6 is 34.8 Å². The first-order valence-electron chi connectivity index (χ1n) is 11.0. The fourth-order valence-corrected chi connectivity index (χ4v) is 4.67. The molecule has 0 N–H and O–H groups in total. The average molecular weight is 577 g/mol. The number of hydrogen-bond donors (Lipinski definition) is 0. The van der Waals surface area contributed by atoms with Crippen molar-refractivity contribution in [2.24, 2.45) is 0 Å². The molecule has 38 heavy (non-hydrogen) atoms. The molecule has 2 aromatic heterocycles. The van der Waals surface area contributed by atoms with Gasteiger partial charge < -0.3 is 0 Å². The van der Waals surface area contributed by atoms with Gasteiger partial charge in [-0.15, -0.1) is 0 Å². The molecule has 192 valence electrons. The maximum absolute atomic E-state index is 13.9. The molecule has 3 aromatic carbocycles. The Kier molecular flexibility index (Phi) is 8.08. The Bertz CT molecular complexity index is 1770. The summed E-state index contributed by atoms with van der Waals surface area (Å²) in [5.41, 5.74) is 3.49. The number of nitrogens with zero attached hydrogens (tertiary/aromatic N) is 3. The molecule has 0 radical (unpaired) electrons. The highest BCUT2D eigenvalue weighted by molar-refractivity contribution is 6.39. The van der Waals surface area contributed by atoms with Gasteiger partial charge in [0, 0.05) is 41.9 Å². The maximum atomic E-state index is 13.9. The molecule has 2 heterocycles. The highest BCUT2D eigenvalue weighted by atomic mass is 35.5. The van der Waals surface area contributed by atoms with Crippen molar-refractivity contribution in [1.29, 1.82) is 5.26 Å². The molecular weight excluding hydrogens is 561 g/mol. The van der Waals surface area contributed by atoms with E-state index in [1.807, 2.05) is 6.07 Å². The number of benzene rings is 3. The van der Waals surface area contributed by atoms with Crippen molar-refractivity contribution in [2.75, 3.05) is 0 Å². The molecule has 0 aliphatic heterocycles. The van der Waals surface area contributed by atoms with Gasteiger partial charge in [0.15, 0.2) is 0 Å². The molecule has 0 amide bonds. The summed E-state index contributed by atoms with van der Waals surface area (Å²) < 4.78 is 53.7. The summed E-state index contributed by atoms with van der Waals surface area (Å²) in [5.74, 6) is -2.86. The standard InChI is InChI=1S/C18H11ClF2N2.C10H5Cl2F2N/c1-10-15(6-11-3-2-4-12(5-11)9-22)23-16-8-13(20)7-14(21)17(16)18(10)19;1-4-9(11)8-6(14)2-5(13)3-7(8)15-10(4)12/h2-5,7-8H,6H2,1H3;2-3H,1H3. The molecule has 0 fully saturated rings. The van der Waals surface area contributed by atoms with Gasteiger partial charge in [0.25, 0.3) is 0 Å². The van der Waals surface area contributed by atoms with E-state index in [0.717, 1.165) is 23.8 Å². The van der Waals surface area contributed by atoms with Crippen LogP contribution in [0.15, 0.2) is 48.5 Å². The van der Waals surface area contributed by atoms with Crippen LogP contribution in [0.4, 0.5) is 17.6 Å². The highest BCUT2D eigenvalue weighted by Crippen LogP contribution is 2.33. The Labute approximate surface area is 230 Å². The Hall–Kier alpha value is -3.44. The predicted octanol–water partition coefficient (Wildman–Crippen LogP) is 9.07. The summed E-state index contributed by atoms with van der Waals surface area (Å²) in [6.07, 6.45) is 0.426. The molecule has 0 unspecified atom stereocenters. The molecule has 0 aliphatic rings. The lowest BCUT2D eigenvalue weighted by atomic mass is 10.0. The first-order chi connectivity index (χ1) is 18.0. The van der Waals surface area contributed by atoms with E-state index in [4.69, 9.17) is 40.1 Å². The van der Waals surface area contributed by atoms with Gasteiger partial charge in [0.05, 0.1) is 43.5 Å². The van der Waals surface area contributed by atoms with E-state index in [-0.39, 0.29) is 37.0 Å². The van der Waals surface area contributed by atoms with E-state index < -0.39 is 23.3 Å². The van der Waals surface area contributed by atoms with Crippen LogP contribution in [0, 0.1) is 48.4 Å². The van der Waals surface area contributed by atoms with E-state index >= 15 is 0 Å². The number of pyridine rings is 2. The second-order valence-corrected chi connectivity index (χ2v) is 9.51. The third kappa shape index (κ3) is 5.53. The number of aromatic nitrogens is 2. The van der Waals surface area contributed by atoms with E-state index in [1.165, 1.54) is 6.07 Å². The van der Waals surface area contributed by atoms with Crippen LogP contribution in [0.1, 0.15) is 27.9 Å². The molecule has 10 heteroatoms. The van der Waals surface area contributed by atoms with Crippen LogP contribution in [0.3, 0.4) is 0 Å². The molecule has 0 saturated heterocycles. The van der Waals surface area contributed by atoms with Crippen molar-refractivity contribution in [1.82, 2.24) is 9.97 Å². The molecule has 0 saturated carbocycles. The van der Waals surface area contributed by atoms with Gasteiger partial charge >= 0.3 is 0 Å². The van der Waals surface area contributed by atoms with E-state index in [0.29, 0.717) is 28.8 Å². The zero-order valence-corrected chi connectivity index (χ0v) is 22.1. The second-order valence-electron chi connectivity index (χ2n) is 8.39. The minimum absolute atomic E-state index is 0.0972. The monoisotopic (exact) mass is 575 g/mol.